The number of imide groups is 1. The Bertz CT molecular complexity index is 197. The third-order valence-electron chi connectivity index (χ3n) is 2.38. The number of carbonyl (C=O) groups is 2. The largest absolute Gasteiger partial charge is 0.465 e. The van der Waals surface area contributed by atoms with Gasteiger partial charge in [0.15, 0.2) is 0 Å². The lowest BCUT2D eigenvalue weighted by atomic mass is 9.94. The Balaban J connectivity index is 2.62. The molecule has 13 heavy (non-hydrogen) atoms. The van der Waals surface area contributed by atoms with Gasteiger partial charge in [0.25, 0.3) is 0 Å². The monoisotopic (exact) mass is 186 g/mol. The average Bonchev–Trinajstić information content (AvgIpc) is 2.04. The van der Waals surface area contributed by atoms with E-state index in [1.807, 2.05) is 0 Å². The summed E-state index contributed by atoms with van der Waals surface area (Å²) in [5.41, 5.74) is 4.97. The summed E-state index contributed by atoms with van der Waals surface area (Å²) in [6.45, 7) is 0. The van der Waals surface area contributed by atoms with Gasteiger partial charge < -0.3 is 10.8 Å². The van der Waals surface area contributed by atoms with E-state index in [0.29, 0.717) is 0 Å². The van der Waals surface area contributed by atoms with Gasteiger partial charge in [0, 0.05) is 6.04 Å². The normalized spacial score (nSPS) is 18.2. The van der Waals surface area contributed by atoms with Crippen molar-refractivity contribution in [2.45, 2.75) is 38.1 Å². The number of nitrogens with two attached hydrogens (primary N) is 1. The van der Waals surface area contributed by atoms with Crippen LogP contribution in [0.3, 0.4) is 0 Å². The molecular weight excluding hydrogens is 172 g/mol. The summed E-state index contributed by atoms with van der Waals surface area (Å²) in [6.07, 6.45) is 3.32. The highest BCUT2D eigenvalue weighted by atomic mass is 16.4. The Kier molecular flexibility index (Phi) is 3.11. The maximum Gasteiger partial charge on any atom is 0.415 e. The van der Waals surface area contributed by atoms with Crippen molar-refractivity contribution in [3.8, 4) is 0 Å². The van der Waals surface area contributed by atoms with Crippen molar-refractivity contribution in [3.63, 3.8) is 0 Å². The molecule has 0 unspecified atom stereocenters. The van der Waals surface area contributed by atoms with Crippen molar-refractivity contribution in [1.29, 1.82) is 0 Å². The lowest BCUT2D eigenvalue weighted by molar-refractivity contribution is 0.125. The van der Waals surface area contributed by atoms with Crippen LogP contribution >= 0.6 is 0 Å². The first-order valence-electron chi connectivity index (χ1n) is 4.44. The first-order valence-corrected chi connectivity index (χ1v) is 4.44. The van der Waals surface area contributed by atoms with Crippen molar-refractivity contribution < 1.29 is 14.7 Å². The molecule has 3 N–H and O–H groups in total. The highest BCUT2D eigenvalue weighted by Crippen LogP contribution is 2.22. The minimum atomic E-state index is -1.24. The minimum absolute atomic E-state index is 0.205. The van der Waals surface area contributed by atoms with E-state index in [-0.39, 0.29) is 6.04 Å². The van der Waals surface area contributed by atoms with Crippen LogP contribution in [0.5, 0.6) is 0 Å². The molecule has 1 rings (SSSR count). The van der Waals surface area contributed by atoms with E-state index in [9.17, 15) is 9.59 Å². The Hall–Kier alpha value is -1.26. The molecule has 0 heterocycles. The fourth-order valence-electron chi connectivity index (χ4n) is 1.77. The molecule has 0 spiro atoms. The first-order chi connectivity index (χ1) is 6.13. The van der Waals surface area contributed by atoms with Crippen LogP contribution in [0.25, 0.3) is 0 Å². The van der Waals surface area contributed by atoms with E-state index in [2.05, 4.69) is 0 Å². The molecule has 5 heteroatoms. The minimum Gasteiger partial charge on any atom is -0.465 e. The van der Waals surface area contributed by atoms with Gasteiger partial charge in [-0.25, -0.2) is 14.5 Å². The van der Waals surface area contributed by atoms with Crippen LogP contribution in [0.2, 0.25) is 0 Å². The zero-order valence-electron chi connectivity index (χ0n) is 7.40. The van der Waals surface area contributed by atoms with Crippen molar-refractivity contribution in [2.24, 2.45) is 5.73 Å². The molecule has 3 amide bonds. The van der Waals surface area contributed by atoms with Gasteiger partial charge in [-0.3, -0.25) is 0 Å². The molecule has 0 bridgehead atoms. The van der Waals surface area contributed by atoms with Gasteiger partial charge in [0.1, 0.15) is 0 Å². The summed E-state index contributed by atoms with van der Waals surface area (Å²) in [4.78, 5) is 22.2. The highest BCUT2D eigenvalue weighted by molar-refractivity contribution is 5.89. The summed E-state index contributed by atoms with van der Waals surface area (Å²) in [5, 5.41) is 8.72. The highest BCUT2D eigenvalue weighted by Gasteiger charge is 2.28. The van der Waals surface area contributed by atoms with E-state index in [1.54, 1.807) is 0 Å². The summed E-state index contributed by atoms with van der Waals surface area (Å²) < 4.78 is 0. The molecule has 1 saturated carbocycles. The number of urea groups is 1. The van der Waals surface area contributed by atoms with Crippen LogP contribution in [0.4, 0.5) is 9.59 Å². The molecule has 1 fully saturated rings. The lowest BCUT2D eigenvalue weighted by Gasteiger charge is -2.28. The second-order valence-corrected chi connectivity index (χ2v) is 3.28. The molecule has 1 aliphatic carbocycles. The van der Waals surface area contributed by atoms with Crippen LogP contribution in [0, 0.1) is 0 Å². The molecule has 5 nitrogen and oxygen atoms in total. The summed E-state index contributed by atoms with van der Waals surface area (Å²) in [5.74, 6) is 0. The van der Waals surface area contributed by atoms with E-state index >= 15 is 0 Å². The molecule has 1 aliphatic rings. The molecule has 0 aromatic rings. The van der Waals surface area contributed by atoms with Gasteiger partial charge in [-0.05, 0) is 12.8 Å². The number of primary amides is 1. The molecule has 0 radical (unpaired) electrons. The maximum atomic E-state index is 10.8. The van der Waals surface area contributed by atoms with Crippen molar-refractivity contribution in [2.75, 3.05) is 0 Å². The number of hydrogen-bond acceptors (Lipinski definition) is 2. The number of carboxylic acid groups (broad SMARTS) is 1. The SMILES string of the molecule is NC(=O)N(C(=O)O)C1CCCCC1. The van der Waals surface area contributed by atoms with Gasteiger partial charge in [0.05, 0.1) is 0 Å². The second kappa shape index (κ2) is 4.11. The smallest absolute Gasteiger partial charge is 0.415 e. The Morgan fingerprint density at radius 1 is 1.23 bits per heavy atom. The van der Waals surface area contributed by atoms with Crippen LogP contribution in [-0.4, -0.2) is 28.2 Å². The Morgan fingerprint density at radius 2 is 1.77 bits per heavy atom. The Labute approximate surface area is 76.5 Å². The fourth-order valence-corrected chi connectivity index (χ4v) is 1.77. The van der Waals surface area contributed by atoms with Gasteiger partial charge in [0.2, 0.25) is 0 Å². The Morgan fingerprint density at radius 3 is 2.15 bits per heavy atom. The fraction of sp³-hybridized carbons (Fsp3) is 0.750. The quantitative estimate of drug-likeness (QED) is 0.648. The van der Waals surface area contributed by atoms with Crippen molar-refractivity contribution in [1.82, 2.24) is 4.90 Å². The number of rotatable bonds is 1. The van der Waals surface area contributed by atoms with E-state index < -0.39 is 12.1 Å². The van der Waals surface area contributed by atoms with E-state index in [0.717, 1.165) is 37.0 Å². The van der Waals surface area contributed by atoms with E-state index in [4.69, 9.17) is 10.8 Å². The number of amides is 3. The lowest BCUT2D eigenvalue weighted by Crippen LogP contribution is -2.47. The summed E-state index contributed by atoms with van der Waals surface area (Å²) >= 11 is 0. The van der Waals surface area contributed by atoms with Crippen LogP contribution in [0.15, 0.2) is 0 Å². The standard InChI is InChI=1S/C8H14N2O3/c9-7(11)10(8(12)13)6-4-2-1-3-5-6/h6H,1-5H2,(H2,9,11)(H,12,13). The molecule has 0 aromatic heterocycles. The van der Waals surface area contributed by atoms with Crippen molar-refractivity contribution in [3.05, 3.63) is 0 Å². The average molecular weight is 186 g/mol. The van der Waals surface area contributed by atoms with Gasteiger partial charge in [-0.15, -0.1) is 0 Å². The van der Waals surface area contributed by atoms with Crippen molar-refractivity contribution >= 4 is 12.1 Å². The molecule has 74 valence electrons. The molecule has 0 atom stereocenters. The number of nitrogens with zero attached hydrogens (tertiary/aromatic N) is 1. The predicted octanol–water partition coefficient (Wildman–Crippen LogP) is 1.38. The maximum absolute atomic E-state index is 10.8. The van der Waals surface area contributed by atoms with Crippen LogP contribution < -0.4 is 5.73 Å². The van der Waals surface area contributed by atoms with Gasteiger partial charge in [-0.2, -0.15) is 0 Å². The second-order valence-electron chi connectivity index (χ2n) is 3.28. The molecular formula is C8H14N2O3. The molecule has 0 aliphatic heterocycles. The molecule has 0 aromatic carbocycles. The third kappa shape index (κ3) is 2.34. The first kappa shape index (κ1) is 9.83. The summed E-state index contributed by atoms with van der Waals surface area (Å²) in [6, 6.07) is -1.07. The summed E-state index contributed by atoms with van der Waals surface area (Å²) in [7, 11) is 0. The molecule has 0 saturated heterocycles. The number of hydrogen-bond donors (Lipinski definition) is 2. The zero-order valence-corrected chi connectivity index (χ0v) is 7.40. The number of carbonyl (C=O) groups excluding carboxylic acids is 1. The van der Waals surface area contributed by atoms with Gasteiger partial charge >= 0.3 is 12.1 Å². The van der Waals surface area contributed by atoms with Crippen LogP contribution in [-0.2, 0) is 0 Å². The third-order valence-corrected chi connectivity index (χ3v) is 2.38. The van der Waals surface area contributed by atoms with Gasteiger partial charge in [-0.1, -0.05) is 19.3 Å². The van der Waals surface area contributed by atoms with Crippen LogP contribution in [0.1, 0.15) is 32.1 Å². The zero-order chi connectivity index (χ0) is 9.84. The predicted molar refractivity (Wildman–Crippen MR) is 46.3 cm³/mol. The topological polar surface area (TPSA) is 83.6 Å². The van der Waals surface area contributed by atoms with E-state index in [1.165, 1.54) is 0 Å².